The van der Waals surface area contributed by atoms with Gasteiger partial charge in [-0.2, -0.15) is 0 Å². The van der Waals surface area contributed by atoms with Crippen molar-refractivity contribution in [2.75, 3.05) is 0 Å². The summed E-state index contributed by atoms with van der Waals surface area (Å²) in [7, 11) is 0. The molecule has 0 spiro atoms. The fourth-order valence-electron chi connectivity index (χ4n) is 1.93. The van der Waals surface area contributed by atoms with Crippen molar-refractivity contribution in [3.8, 4) is 0 Å². The Morgan fingerprint density at radius 1 is 1.47 bits per heavy atom. The molecular weight excluding hydrogens is 190 g/mol. The summed E-state index contributed by atoms with van der Waals surface area (Å²) in [4.78, 5) is 4.35. The summed E-state index contributed by atoms with van der Waals surface area (Å²) in [5.41, 5.74) is 2.33. The summed E-state index contributed by atoms with van der Waals surface area (Å²) in [5, 5.41) is 9.89. The van der Waals surface area contributed by atoms with Crippen LogP contribution in [0, 0.1) is 6.92 Å². The number of benzene rings is 1. The highest BCUT2D eigenvalue weighted by Crippen LogP contribution is 2.39. The van der Waals surface area contributed by atoms with Crippen LogP contribution in [0.1, 0.15) is 24.3 Å². The number of hydrogen-bond donors (Lipinski definition) is 1. The van der Waals surface area contributed by atoms with Crippen molar-refractivity contribution >= 4 is 11.1 Å². The smallest absolute Gasteiger partial charge is 0.192 e. The Bertz CT molecular complexity index is 511. The molecule has 1 N–H and O–H groups in total. The highest BCUT2D eigenvalue weighted by atomic mass is 16.3. The van der Waals surface area contributed by atoms with E-state index in [1.165, 1.54) is 0 Å². The van der Waals surface area contributed by atoms with E-state index in [1.54, 1.807) is 0 Å². The summed E-state index contributed by atoms with van der Waals surface area (Å²) in [6.07, 6.45) is 2.50. The topological polar surface area (TPSA) is 46.3 Å². The lowest BCUT2D eigenvalue weighted by Crippen LogP contribution is -2.10. The summed E-state index contributed by atoms with van der Waals surface area (Å²) in [6, 6.07) is 5.88. The molecule has 3 heteroatoms. The molecule has 2 aromatic rings. The van der Waals surface area contributed by atoms with Crippen LogP contribution in [0.3, 0.4) is 0 Å². The zero-order valence-electron chi connectivity index (χ0n) is 8.66. The van der Waals surface area contributed by atoms with Gasteiger partial charge in [0.1, 0.15) is 5.52 Å². The molecular formula is C12H13NO2. The number of hydrogen-bond acceptors (Lipinski definition) is 3. The van der Waals surface area contributed by atoms with Gasteiger partial charge in [0.05, 0.1) is 5.60 Å². The minimum Gasteiger partial charge on any atom is -0.441 e. The molecule has 1 aromatic heterocycles. The zero-order valence-corrected chi connectivity index (χ0v) is 8.66. The van der Waals surface area contributed by atoms with E-state index >= 15 is 0 Å². The molecule has 0 atom stereocenters. The lowest BCUT2D eigenvalue weighted by molar-refractivity contribution is 0.151. The minimum absolute atomic E-state index is 0.471. The van der Waals surface area contributed by atoms with Crippen molar-refractivity contribution in [1.29, 1.82) is 0 Å². The van der Waals surface area contributed by atoms with Gasteiger partial charge in [-0.1, -0.05) is 12.1 Å². The van der Waals surface area contributed by atoms with E-state index in [9.17, 15) is 5.11 Å². The van der Waals surface area contributed by atoms with Crippen LogP contribution in [-0.4, -0.2) is 15.7 Å². The highest BCUT2D eigenvalue weighted by molar-refractivity contribution is 5.76. The average molecular weight is 203 g/mol. The predicted molar refractivity (Wildman–Crippen MR) is 56.6 cm³/mol. The highest BCUT2D eigenvalue weighted by Gasteiger charge is 2.40. The first-order valence-electron chi connectivity index (χ1n) is 5.24. The molecule has 0 bridgehead atoms. The molecule has 1 aliphatic rings. The minimum atomic E-state index is -0.471. The van der Waals surface area contributed by atoms with Crippen molar-refractivity contribution in [3.63, 3.8) is 0 Å². The van der Waals surface area contributed by atoms with E-state index in [0.29, 0.717) is 12.3 Å². The second-order valence-electron chi connectivity index (χ2n) is 4.40. The number of para-hydroxylation sites is 1. The molecule has 0 amide bonds. The maximum Gasteiger partial charge on any atom is 0.192 e. The number of nitrogens with zero attached hydrogens (tertiary/aromatic N) is 1. The second-order valence-corrected chi connectivity index (χ2v) is 4.40. The summed E-state index contributed by atoms with van der Waals surface area (Å²) < 4.78 is 5.45. The summed E-state index contributed by atoms with van der Waals surface area (Å²) >= 11 is 0. The van der Waals surface area contributed by atoms with Crippen molar-refractivity contribution in [2.24, 2.45) is 0 Å². The SMILES string of the molecule is Cc1nc2c(CC3(O)CC3)cccc2o1. The molecule has 0 aliphatic heterocycles. The van der Waals surface area contributed by atoms with Gasteiger partial charge in [-0.15, -0.1) is 0 Å². The Labute approximate surface area is 87.7 Å². The fraction of sp³-hybridized carbons (Fsp3) is 0.417. The molecule has 0 unspecified atom stereocenters. The standard InChI is InChI=1S/C12H13NO2/c1-8-13-11-9(7-12(14)5-6-12)3-2-4-10(11)15-8/h2-4,14H,5-7H2,1H3. The normalized spacial score (nSPS) is 18.3. The molecule has 1 saturated carbocycles. The van der Waals surface area contributed by atoms with Crippen molar-refractivity contribution in [2.45, 2.75) is 31.8 Å². The van der Waals surface area contributed by atoms with Crippen LogP contribution < -0.4 is 0 Å². The van der Waals surface area contributed by atoms with Gasteiger partial charge < -0.3 is 9.52 Å². The van der Waals surface area contributed by atoms with Gasteiger partial charge in [-0.3, -0.25) is 0 Å². The first kappa shape index (κ1) is 8.92. The maximum absolute atomic E-state index is 9.89. The van der Waals surface area contributed by atoms with E-state index in [4.69, 9.17) is 4.42 Å². The van der Waals surface area contributed by atoms with Gasteiger partial charge >= 0.3 is 0 Å². The first-order valence-corrected chi connectivity index (χ1v) is 5.24. The third-order valence-corrected chi connectivity index (χ3v) is 2.96. The third kappa shape index (κ3) is 1.53. The Morgan fingerprint density at radius 2 is 2.27 bits per heavy atom. The molecule has 1 fully saturated rings. The van der Waals surface area contributed by atoms with Crippen LogP contribution in [0.4, 0.5) is 0 Å². The Morgan fingerprint density at radius 3 is 3.00 bits per heavy atom. The van der Waals surface area contributed by atoms with Gasteiger partial charge in [-0.05, 0) is 24.5 Å². The molecule has 3 rings (SSSR count). The van der Waals surface area contributed by atoms with Gasteiger partial charge in [0.2, 0.25) is 0 Å². The van der Waals surface area contributed by atoms with Crippen molar-refractivity contribution in [3.05, 3.63) is 29.7 Å². The Balaban J connectivity index is 2.08. The van der Waals surface area contributed by atoms with Crippen LogP contribution in [0.15, 0.2) is 22.6 Å². The molecule has 3 nitrogen and oxygen atoms in total. The van der Waals surface area contributed by atoms with E-state index in [2.05, 4.69) is 4.98 Å². The maximum atomic E-state index is 9.89. The van der Waals surface area contributed by atoms with Crippen LogP contribution >= 0.6 is 0 Å². The number of rotatable bonds is 2. The molecule has 1 aromatic carbocycles. The van der Waals surface area contributed by atoms with Gasteiger partial charge in [-0.25, -0.2) is 4.98 Å². The molecule has 1 heterocycles. The van der Waals surface area contributed by atoms with Crippen molar-refractivity contribution < 1.29 is 9.52 Å². The lowest BCUT2D eigenvalue weighted by Gasteiger charge is -2.06. The number of aryl methyl sites for hydroxylation is 1. The van der Waals surface area contributed by atoms with E-state index in [1.807, 2.05) is 25.1 Å². The Hall–Kier alpha value is -1.35. The quantitative estimate of drug-likeness (QED) is 0.813. The number of aromatic nitrogens is 1. The molecule has 1 aliphatic carbocycles. The monoisotopic (exact) mass is 203 g/mol. The zero-order chi connectivity index (χ0) is 10.5. The largest absolute Gasteiger partial charge is 0.441 e. The van der Waals surface area contributed by atoms with E-state index < -0.39 is 5.60 Å². The van der Waals surface area contributed by atoms with Gasteiger partial charge in [0.15, 0.2) is 11.5 Å². The average Bonchev–Trinajstić information content (AvgIpc) is 2.76. The summed E-state index contributed by atoms with van der Waals surface area (Å²) in [5.74, 6) is 0.681. The van der Waals surface area contributed by atoms with E-state index in [-0.39, 0.29) is 0 Å². The third-order valence-electron chi connectivity index (χ3n) is 2.96. The lowest BCUT2D eigenvalue weighted by atomic mass is 10.1. The molecule has 78 valence electrons. The van der Waals surface area contributed by atoms with Crippen LogP contribution in [0.2, 0.25) is 0 Å². The second kappa shape index (κ2) is 2.83. The number of aliphatic hydroxyl groups is 1. The number of oxazole rings is 1. The summed E-state index contributed by atoms with van der Waals surface area (Å²) in [6.45, 7) is 1.84. The van der Waals surface area contributed by atoms with Crippen LogP contribution in [0.5, 0.6) is 0 Å². The fourth-order valence-corrected chi connectivity index (χ4v) is 1.93. The predicted octanol–water partition coefficient (Wildman–Crippen LogP) is 2.20. The van der Waals surface area contributed by atoms with Crippen LogP contribution in [0.25, 0.3) is 11.1 Å². The molecule has 15 heavy (non-hydrogen) atoms. The van der Waals surface area contributed by atoms with Gasteiger partial charge in [0.25, 0.3) is 0 Å². The van der Waals surface area contributed by atoms with Gasteiger partial charge in [0, 0.05) is 13.3 Å². The Kier molecular flexibility index (Phi) is 1.68. The molecule has 0 radical (unpaired) electrons. The van der Waals surface area contributed by atoms with E-state index in [0.717, 1.165) is 29.5 Å². The first-order chi connectivity index (χ1) is 7.16. The van der Waals surface area contributed by atoms with Crippen molar-refractivity contribution in [1.82, 2.24) is 4.98 Å². The number of fused-ring (bicyclic) bond motifs is 1. The molecule has 0 saturated heterocycles. The van der Waals surface area contributed by atoms with Crippen LogP contribution in [-0.2, 0) is 6.42 Å².